The van der Waals surface area contributed by atoms with Crippen LogP contribution in [0.4, 0.5) is 24.7 Å². The van der Waals surface area contributed by atoms with Crippen molar-refractivity contribution in [1.82, 2.24) is 4.98 Å². The maximum atomic E-state index is 12.7. The van der Waals surface area contributed by atoms with Gasteiger partial charge in [0, 0.05) is 31.5 Å². The summed E-state index contributed by atoms with van der Waals surface area (Å²) in [5, 5.41) is 3.00. The second-order valence-corrected chi connectivity index (χ2v) is 6.14. The van der Waals surface area contributed by atoms with Crippen molar-refractivity contribution in [1.29, 1.82) is 0 Å². The molecule has 2 aromatic rings. The minimum absolute atomic E-state index is 0.0384. The molecule has 128 valence electrons. The third-order valence-electron chi connectivity index (χ3n) is 4.05. The van der Waals surface area contributed by atoms with E-state index in [-0.39, 0.29) is 10.8 Å². The second-order valence-electron chi connectivity index (χ2n) is 5.73. The number of hydrogen-bond donors (Lipinski definition) is 1. The van der Waals surface area contributed by atoms with Gasteiger partial charge in [-0.15, -0.1) is 0 Å². The highest BCUT2D eigenvalue weighted by atomic mass is 35.5. The van der Waals surface area contributed by atoms with E-state index in [0.29, 0.717) is 6.54 Å². The van der Waals surface area contributed by atoms with Crippen LogP contribution in [-0.4, -0.2) is 18.1 Å². The molecular formula is C17H17ClF3N3. The number of rotatable bonds is 4. The number of pyridine rings is 1. The summed E-state index contributed by atoms with van der Waals surface area (Å²) in [4.78, 5) is 6.13. The lowest BCUT2D eigenvalue weighted by Gasteiger charge is -2.21. The molecule has 0 spiro atoms. The average Bonchev–Trinajstić information content (AvgIpc) is 3.07. The van der Waals surface area contributed by atoms with Crippen molar-refractivity contribution < 1.29 is 13.2 Å². The lowest BCUT2D eigenvalue weighted by molar-refractivity contribution is -0.137. The molecule has 1 aliphatic rings. The molecule has 0 aliphatic carbocycles. The fourth-order valence-electron chi connectivity index (χ4n) is 2.83. The fourth-order valence-corrected chi connectivity index (χ4v) is 3.06. The van der Waals surface area contributed by atoms with Gasteiger partial charge in [0.2, 0.25) is 0 Å². The summed E-state index contributed by atoms with van der Waals surface area (Å²) in [5.74, 6) is 0.251. The van der Waals surface area contributed by atoms with Gasteiger partial charge < -0.3 is 10.2 Å². The highest BCUT2D eigenvalue weighted by molar-refractivity contribution is 6.32. The van der Waals surface area contributed by atoms with Gasteiger partial charge in [0.1, 0.15) is 5.82 Å². The highest BCUT2D eigenvalue weighted by Crippen LogP contribution is 2.33. The van der Waals surface area contributed by atoms with Gasteiger partial charge in [0.25, 0.3) is 0 Å². The van der Waals surface area contributed by atoms with Gasteiger partial charge in [-0.05, 0) is 30.5 Å². The summed E-state index contributed by atoms with van der Waals surface area (Å²) < 4.78 is 38.0. The monoisotopic (exact) mass is 355 g/mol. The van der Waals surface area contributed by atoms with Crippen LogP contribution < -0.4 is 10.2 Å². The first kappa shape index (κ1) is 16.9. The van der Waals surface area contributed by atoms with Crippen molar-refractivity contribution in [2.75, 3.05) is 23.3 Å². The number of alkyl halides is 3. The maximum Gasteiger partial charge on any atom is 0.417 e. The van der Waals surface area contributed by atoms with Crippen molar-refractivity contribution in [2.45, 2.75) is 25.6 Å². The van der Waals surface area contributed by atoms with Gasteiger partial charge in [0.05, 0.1) is 10.6 Å². The number of anilines is 2. The summed E-state index contributed by atoms with van der Waals surface area (Å²) >= 11 is 5.93. The molecule has 1 saturated heterocycles. The van der Waals surface area contributed by atoms with Gasteiger partial charge in [-0.1, -0.05) is 29.8 Å². The quantitative estimate of drug-likeness (QED) is 0.839. The molecule has 7 heteroatoms. The molecule has 3 rings (SSSR count). The Labute approximate surface area is 143 Å². The predicted molar refractivity (Wildman–Crippen MR) is 89.5 cm³/mol. The first-order valence-electron chi connectivity index (χ1n) is 7.74. The molecule has 1 N–H and O–H groups in total. The Balaban J connectivity index is 1.75. The zero-order valence-electron chi connectivity index (χ0n) is 12.9. The third kappa shape index (κ3) is 3.75. The first-order valence-corrected chi connectivity index (χ1v) is 8.12. The van der Waals surface area contributed by atoms with Gasteiger partial charge in [-0.2, -0.15) is 13.2 Å². The van der Waals surface area contributed by atoms with Gasteiger partial charge >= 0.3 is 6.18 Å². The zero-order chi connectivity index (χ0) is 17.2. The second kappa shape index (κ2) is 6.89. The van der Waals surface area contributed by atoms with Crippen molar-refractivity contribution >= 4 is 23.1 Å². The Morgan fingerprint density at radius 3 is 2.54 bits per heavy atom. The SMILES string of the molecule is FC(F)(F)c1cnc(NCc2ccccc2N2CCCC2)c(Cl)c1. The number of aromatic nitrogens is 1. The van der Waals surface area contributed by atoms with E-state index >= 15 is 0 Å². The van der Waals surface area contributed by atoms with E-state index in [1.54, 1.807) is 0 Å². The Morgan fingerprint density at radius 2 is 1.88 bits per heavy atom. The standard InChI is InChI=1S/C17H17ClF3N3/c18-14-9-13(17(19,20)21)11-23-16(14)22-10-12-5-1-2-6-15(12)24-7-3-4-8-24/h1-2,5-6,9,11H,3-4,7-8,10H2,(H,22,23). The smallest absolute Gasteiger partial charge is 0.371 e. The summed E-state index contributed by atoms with van der Waals surface area (Å²) in [6.07, 6.45) is -1.31. The number of hydrogen-bond acceptors (Lipinski definition) is 3. The number of nitrogens with zero attached hydrogens (tertiary/aromatic N) is 2. The Hall–Kier alpha value is -1.95. The molecule has 24 heavy (non-hydrogen) atoms. The molecule has 1 aliphatic heterocycles. The van der Waals surface area contributed by atoms with Crippen molar-refractivity contribution in [3.63, 3.8) is 0 Å². The largest absolute Gasteiger partial charge is 0.417 e. The highest BCUT2D eigenvalue weighted by Gasteiger charge is 2.31. The van der Waals surface area contributed by atoms with E-state index in [1.165, 1.54) is 12.8 Å². The lowest BCUT2D eigenvalue weighted by Crippen LogP contribution is -2.20. The van der Waals surface area contributed by atoms with E-state index in [4.69, 9.17) is 11.6 Å². The number of nitrogens with one attached hydrogen (secondary N) is 1. The van der Waals surface area contributed by atoms with Crippen LogP contribution >= 0.6 is 11.6 Å². The van der Waals surface area contributed by atoms with E-state index in [2.05, 4.69) is 21.3 Å². The van der Waals surface area contributed by atoms with Crippen LogP contribution in [0.3, 0.4) is 0 Å². The topological polar surface area (TPSA) is 28.2 Å². The molecule has 0 atom stereocenters. The van der Waals surface area contributed by atoms with E-state index in [1.807, 2.05) is 18.2 Å². The van der Waals surface area contributed by atoms with E-state index < -0.39 is 11.7 Å². The summed E-state index contributed by atoms with van der Waals surface area (Å²) in [7, 11) is 0. The molecule has 3 nitrogen and oxygen atoms in total. The van der Waals surface area contributed by atoms with Gasteiger partial charge in [-0.25, -0.2) is 4.98 Å². The molecular weight excluding hydrogens is 339 g/mol. The molecule has 0 amide bonds. The maximum absolute atomic E-state index is 12.7. The predicted octanol–water partition coefficient (Wildman–Crippen LogP) is 4.97. The minimum Gasteiger partial charge on any atom is -0.371 e. The molecule has 1 aromatic carbocycles. The average molecular weight is 356 g/mol. The molecule has 0 saturated carbocycles. The van der Waals surface area contributed by atoms with Gasteiger partial charge in [0.15, 0.2) is 0 Å². The van der Waals surface area contributed by atoms with Crippen LogP contribution in [0.1, 0.15) is 24.0 Å². The van der Waals surface area contributed by atoms with Crippen LogP contribution in [0.15, 0.2) is 36.5 Å². The van der Waals surface area contributed by atoms with E-state index in [0.717, 1.165) is 36.6 Å². The van der Waals surface area contributed by atoms with Crippen molar-refractivity contribution in [3.05, 3.63) is 52.7 Å². The summed E-state index contributed by atoms with van der Waals surface area (Å²) in [6.45, 7) is 2.50. The van der Waals surface area contributed by atoms with Crippen LogP contribution in [0.5, 0.6) is 0 Å². The normalized spacial score (nSPS) is 14.9. The van der Waals surface area contributed by atoms with Crippen LogP contribution in [0, 0.1) is 0 Å². The number of para-hydroxylation sites is 1. The van der Waals surface area contributed by atoms with Gasteiger partial charge in [-0.3, -0.25) is 0 Å². The zero-order valence-corrected chi connectivity index (χ0v) is 13.7. The minimum atomic E-state index is -4.45. The molecule has 1 fully saturated rings. The molecule has 0 radical (unpaired) electrons. The van der Waals surface area contributed by atoms with E-state index in [9.17, 15) is 13.2 Å². The summed E-state index contributed by atoms with van der Waals surface area (Å²) in [5.41, 5.74) is 1.36. The van der Waals surface area contributed by atoms with Crippen LogP contribution in [-0.2, 0) is 12.7 Å². The Bertz CT molecular complexity index is 712. The van der Waals surface area contributed by atoms with Crippen LogP contribution in [0.2, 0.25) is 5.02 Å². The summed E-state index contributed by atoms with van der Waals surface area (Å²) in [6, 6.07) is 8.88. The molecule has 2 heterocycles. The van der Waals surface area contributed by atoms with Crippen LogP contribution in [0.25, 0.3) is 0 Å². The lowest BCUT2D eigenvalue weighted by atomic mass is 10.1. The molecule has 0 bridgehead atoms. The van der Waals surface area contributed by atoms with Crippen molar-refractivity contribution in [3.8, 4) is 0 Å². The van der Waals surface area contributed by atoms with Crippen molar-refractivity contribution in [2.24, 2.45) is 0 Å². The Kier molecular flexibility index (Phi) is 4.85. The first-order chi connectivity index (χ1) is 11.4. The number of halogens is 4. The molecule has 0 unspecified atom stereocenters. The Morgan fingerprint density at radius 1 is 1.17 bits per heavy atom. The number of benzene rings is 1. The fraction of sp³-hybridized carbons (Fsp3) is 0.353. The third-order valence-corrected chi connectivity index (χ3v) is 4.34. The molecule has 1 aromatic heterocycles.